The first-order chi connectivity index (χ1) is 4.46. The van der Waals surface area contributed by atoms with E-state index < -0.39 is 0 Å². The van der Waals surface area contributed by atoms with E-state index in [9.17, 15) is 0 Å². The van der Waals surface area contributed by atoms with Gasteiger partial charge in [-0.1, -0.05) is 24.3 Å². The predicted octanol–water partition coefficient (Wildman–Crippen LogP) is 1.76. The molecular weight excluding hydrogens is 142 g/mol. The first kappa shape index (κ1) is 9.79. The van der Waals surface area contributed by atoms with Gasteiger partial charge >= 0.3 is 0 Å². The molecule has 0 amide bonds. The van der Waals surface area contributed by atoms with E-state index in [0.717, 1.165) is 11.1 Å². The molecule has 0 rings (SSSR count). The van der Waals surface area contributed by atoms with Crippen molar-refractivity contribution in [3.63, 3.8) is 0 Å². The molecule has 0 bridgehead atoms. The van der Waals surface area contributed by atoms with Gasteiger partial charge in [0.2, 0.25) is 0 Å². The molecule has 0 radical (unpaired) electrons. The zero-order chi connectivity index (χ0) is 8.31. The van der Waals surface area contributed by atoms with Crippen molar-refractivity contribution in [2.75, 3.05) is 0 Å². The molecule has 0 aromatic heterocycles. The topological polar surface area (TPSA) is 26.0 Å². The summed E-state index contributed by atoms with van der Waals surface area (Å²) < 4.78 is 0. The van der Waals surface area contributed by atoms with E-state index in [4.69, 9.17) is 5.73 Å². The molecule has 0 saturated carbocycles. The molecule has 58 valence electrons. The minimum Gasteiger partial charge on any atom is -0.323 e. The maximum absolute atomic E-state index is 5.72. The van der Waals surface area contributed by atoms with E-state index in [1.54, 1.807) is 0 Å². The summed E-state index contributed by atoms with van der Waals surface area (Å²) in [5.41, 5.74) is 7.66. The van der Waals surface area contributed by atoms with Crippen molar-refractivity contribution >= 4 is 12.6 Å². The van der Waals surface area contributed by atoms with Crippen LogP contribution in [0.5, 0.6) is 0 Å². The molecule has 0 aliphatic heterocycles. The summed E-state index contributed by atoms with van der Waals surface area (Å²) in [5, 5.41) is 0.0394. The van der Waals surface area contributed by atoms with Gasteiger partial charge in [0.1, 0.15) is 0 Å². The number of hydrogen-bond donors (Lipinski definition) is 2. The Hall–Kier alpha value is -0.210. The lowest BCUT2D eigenvalue weighted by atomic mass is 10.0. The van der Waals surface area contributed by atoms with Crippen LogP contribution >= 0.6 is 12.6 Å². The number of nitrogens with two attached hydrogens (primary N) is 1. The molecule has 0 fully saturated rings. The van der Waals surface area contributed by atoms with E-state index in [1.807, 2.05) is 13.8 Å². The second-order valence-corrected chi connectivity index (χ2v) is 3.22. The largest absolute Gasteiger partial charge is 0.323 e. The molecule has 0 aliphatic carbocycles. The lowest BCUT2D eigenvalue weighted by Gasteiger charge is -2.18. The molecule has 0 spiro atoms. The second-order valence-electron chi connectivity index (χ2n) is 2.66. The summed E-state index contributed by atoms with van der Waals surface area (Å²) in [5.74, 6) is 0. The maximum Gasteiger partial charge on any atom is 0.0410 e. The molecule has 1 nitrogen and oxygen atoms in total. The van der Waals surface area contributed by atoms with Crippen LogP contribution < -0.4 is 5.73 Å². The number of hydrogen-bond acceptors (Lipinski definition) is 2. The molecule has 2 atom stereocenters. The number of rotatable bonds is 3. The summed E-state index contributed by atoms with van der Waals surface area (Å²) in [6, 6.07) is -0.0687. The first-order valence-corrected chi connectivity index (χ1v) is 3.73. The normalized spacial score (nSPS) is 16.0. The smallest absolute Gasteiger partial charge is 0.0410 e. The van der Waals surface area contributed by atoms with Crippen LogP contribution in [-0.2, 0) is 0 Å². The van der Waals surface area contributed by atoms with Crippen molar-refractivity contribution in [1.82, 2.24) is 0 Å². The minimum atomic E-state index is -0.0687. The molecule has 0 saturated heterocycles. The summed E-state index contributed by atoms with van der Waals surface area (Å²) in [6.07, 6.45) is 0. The summed E-state index contributed by atoms with van der Waals surface area (Å²) >= 11 is 4.27. The van der Waals surface area contributed by atoms with E-state index in [0.29, 0.717) is 0 Å². The van der Waals surface area contributed by atoms with Crippen molar-refractivity contribution in [3.8, 4) is 0 Å². The van der Waals surface area contributed by atoms with Gasteiger partial charge in [-0.2, -0.15) is 12.6 Å². The van der Waals surface area contributed by atoms with Crippen LogP contribution in [0.25, 0.3) is 0 Å². The average Bonchev–Trinajstić information content (AvgIpc) is 1.84. The third kappa shape index (κ3) is 2.58. The molecular formula is C8H15NS. The zero-order valence-electron chi connectivity index (χ0n) is 6.59. The Morgan fingerprint density at radius 1 is 1.30 bits per heavy atom. The second kappa shape index (κ2) is 3.84. The van der Waals surface area contributed by atoms with E-state index in [2.05, 4.69) is 25.8 Å². The highest BCUT2D eigenvalue weighted by atomic mass is 32.1. The molecule has 0 aromatic rings. The highest BCUT2D eigenvalue weighted by Crippen LogP contribution is 2.13. The van der Waals surface area contributed by atoms with Gasteiger partial charge in [0.25, 0.3) is 0 Å². The zero-order valence-corrected chi connectivity index (χ0v) is 7.49. The summed E-state index contributed by atoms with van der Waals surface area (Å²) in [6.45, 7) is 11.3. The molecule has 0 heterocycles. The monoisotopic (exact) mass is 157 g/mol. The average molecular weight is 157 g/mol. The third-order valence-electron chi connectivity index (χ3n) is 1.41. The molecule has 0 aliphatic rings. The predicted molar refractivity (Wildman–Crippen MR) is 50.4 cm³/mol. The molecule has 10 heavy (non-hydrogen) atoms. The van der Waals surface area contributed by atoms with Crippen LogP contribution in [-0.4, -0.2) is 11.3 Å². The van der Waals surface area contributed by atoms with E-state index in [-0.39, 0.29) is 11.3 Å². The van der Waals surface area contributed by atoms with Crippen LogP contribution in [0.2, 0.25) is 0 Å². The van der Waals surface area contributed by atoms with Crippen molar-refractivity contribution in [3.05, 3.63) is 24.3 Å². The van der Waals surface area contributed by atoms with Gasteiger partial charge in [0, 0.05) is 11.3 Å². The molecule has 0 aromatic carbocycles. The highest BCUT2D eigenvalue weighted by molar-refractivity contribution is 7.81. The van der Waals surface area contributed by atoms with Crippen LogP contribution in [0.4, 0.5) is 0 Å². The molecule has 2 N–H and O–H groups in total. The van der Waals surface area contributed by atoms with Crippen LogP contribution in [0.15, 0.2) is 24.3 Å². The standard InChI is InChI=1S/C8H15NS/c1-5(2)7(9)8(10)6(3)4/h7-8,10H,1,3,9H2,2,4H3. The van der Waals surface area contributed by atoms with Crippen molar-refractivity contribution < 1.29 is 0 Å². The van der Waals surface area contributed by atoms with Crippen LogP contribution in [0.1, 0.15) is 13.8 Å². The van der Waals surface area contributed by atoms with Crippen molar-refractivity contribution in [2.45, 2.75) is 25.1 Å². The van der Waals surface area contributed by atoms with E-state index in [1.165, 1.54) is 0 Å². The Morgan fingerprint density at radius 3 is 1.80 bits per heavy atom. The lowest BCUT2D eigenvalue weighted by molar-refractivity contribution is 0.780. The lowest BCUT2D eigenvalue weighted by Crippen LogP contribution is -2.32. The Balaban J connectivity index is 4.07. The Kier molecular flexibility index (Phi) is 3.76. The van der Waals surface area contributed by atoms with Crippen molar-refractivity contribution in [1.29, 1.82) is 0 Å². The third-order valence-corrected chi connectivity index (χ3v) is 2.18. The van der Waals surface area contributed by atoms with Crippen molar-refractivity contribution in [2.24, 2.45) is 5.73 Å². The van der Waals surface area contributed by atoms with E-state index >= 15 is 0 Å². The molecule has 2 heteroatoms. The van der Waals surface area contributed by atoms with Gasteiger partial charge in [-0.3, -0.25) is 0 Å². The fourth-order valence-corrected chi connectivity index (χ4v) is 0.831. The Labute approximate surface area is 68.4 Å². The van der Waals surface area contributed by atoms with Crippen LogP contribution in [0, 0.1) is 0 Å². The van der Waals surface area contributed by atoms with Gasteiger partial charge in [-0.05, 0) is 13.8 Å². The maximum atomic E-state index is 5.72. The fraction of sp³-hybridized carbons (Fsp3) is 0.500. The van der Waals surface area contributed by atoms with Gasteiger partial charge in [-0.15, -0.1) is 0 Å². The molecule has 2 unspecified atom stereocenters. The van der Waals surface area contributed by atoms with Gasteiger partial charge in [0.15, 0.2) is 0 Å². The highest BCUT2D eigenvalue weighted by Gasteiger charge is 2.13. The van der Waals surface area contributed by atoms with Gasteiger partial charge in [-0.25, -0.2) is 0 Å². The van der Waals surface area contributed by atoms with Gasteiger partial charge < -0.3 is 5.73 Å². The van der Waals surface area contributed by atoms with Gasteiger partial charge in [0.05, 0.1) is 0 Å². The van der Waals surface area contributed by atoms with Crippen LogP contribution in [0.3, 0.4) is 0 Å². The first-order valence-electron chi connectivity index (χ1n) is 3.21. The fourth-order valence-electron chi connectivity index (χ4n) is 0.576. The Morgan fingerprint density at radius 2 is 1.70 bits per heavy atom. The summed E-state index contributed by atoms with van der Waals surface area (Å²) in [7, 11) is 0. The quantitative estimate of drug-likeness (QED) is 0.474. The summed E-state index contributed by atoms with van der Waals surface area (Å²) in [4.78, 5) is 0. The Bertz CT molecular complexity index is 133. The number of thiol groups is 1. The minimum absolute atomic E-state index is 0.0394. The SMILES string of the molecule is C=C(C)C(N)C(S)C(=C)C.